The van der Waals surface area contributed by atoms with Gasteiger partial charge in [-0.25, -0.2) is 0 Å². The number of fused-ring (bicyclic) bond motifs is 3. The first-order valence-electron chi connectivity index (χ1n) is 11.5. The molecule has 6 rings (SSSR count). The fourth-order valence-corrected chi connectivity index (χ4v) is 3.80. The number of hydrogen-bond donors (Lipinski definition) is 0. The van der Waals surface area contributed by atoms with Crippen LogP contribution in [0.2, 0.25) is 0 Å². The van der Waals surface area contributed by atoms with Crippen molar-refractivity contribution in [3.63, 3.8) is 0 Å². The summed E-state index contributed by atoms with van der Waals surface area (Å²) in [6, 6.07) is 32.1. The molecule has 0 saturated heterocycles. The predicted molar refractivity (Wildman–Crippen MR) is 141 cm³/mol. The van der Waals surface area contributed by atoms with Crippen molar-refractivity contribution >= 4 is 21.9 Å². The monoisotopic (exact) mass is 648 g/mol. The molecular formula is C31H25IrN3O-2. The van der Waals surface area contributed by atoms with Crippen LogP contribution in [0.5, 0.6) is 0 Å². The van der Waals surface area contributed by atoms with Gasteiger partial charge in [0.05, 0.1) is 11.3 Å². The number of nitrogens with zero attached hydrogens (tertiary/aromatic N) is 3. The van der Waals surface area contributed by atoms with E-state index < -0.39 is 0 Å². The minimum absolute atomic E-state index is 0. The fraction of sp³-hybridized carbons (Fsp3) is 0.129. The fourth-order valence-electron chi connectivity index (χ4n) is 3.80. The zero-order valence-electron chi connectivity index (χ0n) is 20.3. The van der Waals surface area contributed by atoms with E-state index in [2.05, 4.69) is 53.9 Å². The normalized spacial score (nSPS) is 11.0. The third-order valence-electron chi connectivity index (χ3n) is 5.66. The van der Waals surface area contributed by atoms with Crippen LogP contribution in [-0.2, 0) is 25.5 Å². The van der Waals surface area contributed by atoms with Gasteiger partial charge in [-0.3, -0.25) is 4.98 Å². The average molecular weight is 648 g/mol. The summed E-state index contributed by atoms with van der Waals surface area (Å²) in [5.41, 5.74) is 6.29. The largest absolute Gasteiger partial charge is 0.501 e. The summed E-state index contributed by atoms with van der Waals surface area (Å²) in [6.45, 7) is 6.38. The van der Waals surface area contributed by atoms with Crippen LogP contribution in [0.4, 0.5) is 0 Å². The van der Waals surface area contributed by atoms with Gasteiger partial charge in [0.25, 0.3) is 0 Å². The number of para-hydroxylation sites is 1. The van der Waals surface area contributed by atoms with Crippen LogP contribution < -0.4 is 0 Å². The van der Waals surface area contributed by atoms with Gasteiger partial charge in [0.1, 0.15) is 5.58 Å². The average Bonchev–Trinajstić information content (AvgIpc) is 3.29. The number of aromatic nitrogens is 3. The van der Waals surface area contributed by atoms with E-state index in [-0.39, 0.29) is 25.5 Å². The number of furan rings is 1. The van der Waals surface area contributed by atoms with Crippen molar-refractivity contribution in [2.45, 2.75) is 26.2 Å². The van der Waals surface area contributed by atoms with Gasteiger partial charge in [-0.2, -0.15) is 0 Å². The molecular weight excluding hydrogens is 623 g/mol. The molecule has 4 nitrogen and oxygen atoms in total. The SMILES string of the molecule is CC(C)(C)c1cnc(-c2[c-]ccc3c2oc2ccccc23)cn1.[Ir].[c-]1ccccc1-c1ccccn1. The van der Waals surface area contributed by atoms with E-state index in [1.807, 2.05) is 79.0 Å². The van der Waals surface area contributed by atoms with E-state index in [1.165, 1.54) is 0 Å². The number of pyridine rings is 1. The van der Waals surface area contributed by atoms with Crippen molar-refractivity contribution in [3.05, 3.63) is 115 Å². The zero-order chi connectivity index (χ0) is 24.3. The molecule has 0 amide bonds. The van der Waals surface area contributed by atoms with Gasteiger partial charge in [-0.1, -0.05) is 62.1 Å². The summed E-state index contributed by atoms with van der Waals surface area (Å²) >= 11 is 0. The van der Waals surface area contributed by atoms with Gasteiger partial charge in [-0.15, -0.1) is 54.1 Å². The van der Waals surface area contributed by atoms with Gasteiger partial charge in [0.2, 0.25) is 0 Å². The quantitative estimate of drug-likeness (QED) is 0.181. The maximum atomic E-state index is 6.04. The van der Waals surface area contributed by atoms with Crippen molar-refractivity contribution in [1.29, 1.82) is 0 Å². The van der Waals surface area contributed by atoms with E-state index in [4.69, 9.17) is 4.42 Å². The van der Waals surface area contributed by atoms with Crippen molar-refractivity contribution < 1.29 is 24.5 Å². The summed E-state index contributed by atoms with van der Waals surface area (Å²) in [7, 11) is 0. The van der Waals surface area contributed by atoms with E-state index in [0.717, 1.165) is 50.1 Å². The summed E-state index contributed by atoms with van der Waals surface area (Å²) in [6.07, 6.45) is 5.43. The molecule has 0 aliphatic heterocycles. The Morgan fingerprint density at radius 2 is 1.50 bits per heavy atom. The first-order valence-corrected chi connectivity index (χ1v) is 11.5. The standard InChI is InChI=1S/C20H17N2O.C11H8N.Ir/c1-20(2,3)18-12-21-16(11-22-18)15-9-6-8-14-13-7-4-5-10-17(13)23-19(14)15;1-2-6-10(7-3-1)11-8-4-5-9-12-11;/h4-8,10-12H,1-3H3;1-6,8-9H;/q2*-1;. The Kier molecular flexibility index (Phi) is 7.73. The molecule has 0 unspecified atom stereocenters. The molecule has 36 heavy (non-hydrogen) atoms. The zero-order valence-corrected chi connectivity index (χ0v) is 22.7. The van der Waals surface area contributed by atoms with Crippen molar-refractivity contribution in [3.8, 4) is 22.5 Å². The first-order chi connectivity index (χ1) is 17.0. The Morgan fingerprint density at radius 3 is 2.19 bits per heavy atom. The van der Waals surface area contributed by atoms with Crippen LogP contribution in [0.1, 0.15) is 26.5 Å². The van der Waals surface area contributed by atoms with E-state index >= 15 is 0 Å². The molecule has 0 bridgehead atoms. The van der Waals surface area contributed by atoms with Crippen LogP contribution in [-0.4, -0.2) is 15.0 Å². The molecule has 0 atom stereocenters. The van der Waals surface area contributed by atoms with Crippen LogP contribution >= 0.6 is 0 Å². The smallest absolute Gasteiger partial charge is 0.120 e. The second-order valence-corrected chi connectivity index (χ2v) is 9.22. The minimum Gasteiger partial charge on any atom is -0.501 e. The molecule has 6 aromatic rings. The molecule has 0 N–H and O–H groups in total. The Balaban J connectivity index is 0.000000198. The maximum Gasteiger partial charge on any atom is 0.120 e. The van der Waals surface area contributed by atoms with Crippen LogP contribution in [0.25, 0.3) is 44.5 Å². The van der Waals surface area contributed by atoms with Gasteiger partial charge >= 0.3 is 0 Å². The molecule has 0 spiro atoms. The van der Waals surface area contributed by atoms with Crippen LogP contribution in [0.3, 0.4) is 0 Å². The number of rotatable bonds is 2. The molecule has 3 aromatic heterocycles. The topological polar surface area (TPSA) is 51.8 Å². The van der Waals surface area contributed by atoms with Gasteiger partial charge in [0.15, 0.2) is 0 Å². The van der Waals surface area contributed by atoms with Gasteiger partial charge in [-0.05, 0) is 17.8 Å². The maximum absolute atomic E-state index is 6.04. The van der Waals surface area contributed by atoms with Gasteiger partial charge in [0, 0.05) is 55.2 Å². The van der Waals surface area contributed by atoms with E-state index in [0.29, 0.717) is 0 Å². The third-order valence-corrected chi connectivity index (χ3v) is 5.66. The van der Waals surface area contributed by atoms with Crippen LogP contribution in [0, 0.1) is 12.1 Å². The number of hydrogen-bond acceptors (Lipinski definition) is 4. The predicted octanol–water partition coefficient (Wildman–Crippen LogP) is 7.69. The third kappa shape index (κ3) is 5.43. The molecule has 1 radical (unpaired) electrons. The molecule has 0 fully saturated rings. The Hall–Kier alpha value is -3.66. The van der Waals surface area contributed by atoms with Crippen molar-refractivity contribution in [2.75, 3.05) is 0 Å². The van der Waals surface area contributed by atoms with E-state index in [1.54, 1.807) is 12.4 Å². The molecule has 181 valence electrons. The Morgan fingerprint density at radius 1 is 0.694 bits per heavy atom. The Labute approximate surface area is 224 Å². The Bertz CT molecular complexity index is 1520. The summed E-state index contributed by atoms with van der Waals surface area (Å²) in [5.74, 6) is 0. The van der Waals surface area contributed by atoms with Crippen LogP contribution in [0.15, 0.2) is 102 Å². The minimum atomic E-state index is -0.0133. The molecule has 0 aliphatic carbocycles. The summed E-state index contributed by atoms with van der Waals surface area (Å²) < 4.78 is 6.04. The second kappa shape index (κ2) is 10.9. The van der Waals surface area contributed by atoms with Crippen molar-refractivity contribution in [2.24, 2.45) is 0 Å². The van der Waals surface area contributed by atoms with Gasteiger partial charge < -0.3 is 14.4 Å². The molecule has 3 heterocycles. The summed E-state index contributed by atoms with van der Waals surface area (Å²) in [5, 5.41) is 2.19. The van der Waals surface area contributed by atoms with Crippen molar-refractivity contribution in [1.82, 2.24) is 15.0 Å². The second-order valence-electron chi connectivity index (χ2n) is 9.22. The van der Waals surface area contributed by atoms with E-state index in [9.17, 15) is 0 Å². The molecule has 0 aliphatic rings. The number of benzene rings is 3. The molecule has 5 heteroatoms. The first kappa shape index (κ1) is 25.4. The molecule has 3 aromatic carbocycles. The molecule has 0 saturated carbocycles. The summed E-state index contributed by atoms with van der Waals surface area (Å²) in [4.78, 5) is 13.4.